The van der Waals surface area contributed by atoms with Crippen molar-refractivity contribution in [1.82, 2.24) is 9.38 Å². The van der Waals surface area contributed by atoms with Gasteiger partial charge in [0.25, 0.3) is 5.91 Å². The van der Waals surface area contributed by atoms with Gasteiger partial charge in [-0.15, -0.1) is 0 Å². The van der Waals surface area contributed by atoms with Crippen molar-refractivity contribution in [3.05, 3.63) is 107 Å². The summed E-state index contributed by atoms with van der Waals surface area (Å²) in [5, 5.41) is 13.0. The molecule has 0 aliphatic carbocycles. The summed E-state index contributed by atoms with van der Waals surface area (Å²) >= 11 is 6.34. The molecule has 6 nitrogen and oxygen atoms in total. The van der Waals surface area contributed by atoms with E-state index in [9.17, 15) is 14.3 Å². The lowest BCUT2D eigenvalue weighted by Gasteiger charge is -2.10. The Morgan fingerprint density at radius 2 is 2.03 bits per heavy atom. The number of pyridine rings is 1. The third-order valence-electron chi connectivity index (χ3n) is 5.41. The van der Waals surface area contributed by atoms with Crippen molar-refractivity contribution in [2.45, 2.75) is 13.5 Å². The summed E-state index contributed by atoms with van der Waals surface area (Å²) in [6.07, 6.45) is 7.07. The van der Waals surface area contributed by atoms with E-state index in [0.717, 1.165) is 22.4 Å². The topological polar surface area (TPSA) is 79.0 Å². The maximum Gasteiger partial charge on any atom is 0.257 e. The molecule has 0 spiro atoms. The lowest BCUT2D eigenvalue weighted by molar-refractivity contribution is 0.102. The molecular formula is C27H22ClFN4O2. The molecule has 0 atom stereocenters. The minimum absolute atomic E-state index is 0.239. The molecule has 0 saturated carbocycles. The SMILES string of the molecule is C=N/C=C\C=C(/C)c1c(CO)nc2c(-c3ccc(Cl)c(C(=O)Nc4ccc(F)cc4)c3)cccn12. The molecule has 4 aromatic rings. The minimum atomic E-state index is -0.420. The molecule has 0 aliphatic rings. The van der Waals surface area contributed by atoms with Gasteiger partial charge < -0.3 is 10.4 Å². The Bertz CT molecular complexity index is 1470. The van der Waals surface area contributed by atoms with Crippen LogP contribution in [0.1, 0.15) is 28.7 Å². The second-order valence-electron chi connectivity index (χ2n) is 7.71. The second kappa shape index (κ2) is 10.5. The summed E-state index contributed by atoms with van der Waals surface area (Å²) in [6.45, 7) is 5.11. The average molecular weight is 489 g/mol. The van der Waals surface area contributed by atoms with E-state index in [-0.39, 0.29) is 17.2 Å². The molecule has 0 radical (unpaired) electrons. The molecule has 35 heavy (non-hydrogen) atoms. The van der Waals surface area contributed by atoms with Gasteiger partial charge in [-0.3, -0.25) is 14.2 Å². The van der Waals surface area contributed by atoms with Crippen LogP contribution in [0.4, 0.5) is 10.1 Å². The number of aromatic nitrogens is 2. The molecule has 0 fully saturated rings. The number of nitrogens with one attached hydrogen (secondary N) is 1. The fourth-order valence-electron chi connectivity index (χ4n) is 3.79. The van der Waals surface area contributed by atoms with Crippen LogP contribution in [0.2, 0.25) is 5.02 Å². The normalized spacial score (nSPS) is 11.8. The number of carbonyl (C=O) groups is 1. The number of rotatable bonds is 7. The van der Waals surface area contributed by atoms with Gasteiger partial charge in [-0.1, -0.05) is 23.7 Å². The van der Waals surface area contributed by atoms with Crippen LogP contribution < -0.4 is 5.32 Å². The molecule has 0 aliphatic heterocycles. The third kappa shape index (κ3) is 5.06. The first-order valence-corrected chi connectivity index (χ1v) is 11.1. The van der Waals surface area contributed by atoms with Gasteiger partial charge in [0, 0.05) is 23.6 Å². The van der Waals surface area contributed by atoms with Gasteiger partial charge in [-0.2, -0.15) is 0 Å². The van der Waals surface area contributed by atoms with Gasteiger partial charge in [-0.25, -0.2) is 9.37 Å². The molecule has 0 bridgehead atoms. The maximum absolute atomic E-state index is 13.2. The van der Waals surface area contributed by atoms with E-state index >= 15 is 0 Å². The van der Waals surface area contributed by atoms with E-state index in [1.165, 1.54) is 24.3 Å². The van der Waals surface area contributed by atoms with Gasteiger partial charge in [0.05, 0.1) is 28.6 Å². The zero-order valence-corrected chi connectivity index (χ0v) is 19.6. The molecule has 8 heteroatoms. The highest BCUT2D eigenvalue weighted by atomic mass is 35.5. The summed E-state index contributed by atoms with van der Waals surface area (Å²) in [5.74, 6) is -0.812. The second-order valence-corrected chi connectivity index (χ2v) is 8.12. The maximum atomic E-state index is 13.2. The van der Waals surface area contributed by atoms with Crippen molar-refractivity contribution >= 4 is 41.1 Å². The highest BCUT2D eigenvalue weighted by Crippen LogP contribution is 2.31. The zero-order chi connectivity index (χ0) is 24.9. The van der Waals surface area contributed by atoms with Gasteiger partial charge in [0.15, 0.2) is 0 Å². The molecule has 176 valence electrons. The number of imidazole rings is 1. The first-order valence-electron chi connectivity index (χ1n) is 10.7. The first kappa shape index (κ1) is 24.1. The van der Waals surface area contributed by atoms with E-state index in [1.807, 2.05) is 35.7 Å². The zero-order valence-electron chi connectivity index (χ0n) is 18.9. The van der Waals surface area contributed by atoms with Gasteiger partial charge in [0.2, 0.25) is 0 Å². The summed E-state index contributed by atoms with van der Waals surface area (Å²) in [4.78, 5) is 21.3. The lowest BCUT2D eigenvalue weighted by atomic mass is 10.0. The predicted octanol–water partition coefficient (Wildman–Crippen LogP) is 6.16. The van der Waals surface area contributed by atoms with Crippen LogP contribution in [0.5, 0.6) is 0 Å². The number of allylic oxidation sites excluding steroid dienone is 3. The highest BCUT2D eigenvalue weighted by Gasteiger charge is 2.18. The fourth-order valence-corrected chi connectivity index (χ4v) is 4.00. The van der Waals surface area contributed by atoms with Crippen molar-refractivity contribution in [3.8, 4) is 11.1 Å². The smallest absolute Gasteiger partial charge is 0.257 e. The van der Waals surface area contributed by atoms with Crippen molar-refractivity contribution in [2.75, 3.05) is 5.32 Å². The molecule has 0 saturated heterocycles. The predicted molar refractivity (Wildman–Crippen MR) is 138 cm³/mol. The van der Waals surface area contributed by atoms with Crippen molar-refractivity contribution in [2.24, 2.45) is 4.99 Å². The Labute approximate surface area is 206 Å². The van der Waals surface area contributed by atoms with Gasteiger partial charge in [-0.05, 0) is 79.4 Å². The number of aliphatic imine (C=N–C) groups is 1. The number of aliphatic hydroxyl groups excluding tert-OH is 1. The van der Waals surface area contributed by atoms with Crippen molar-refractivity contribution in [3.63, 3.8) is 0 Å². The van der Waals surface area contributed by atoms with E-state index in [0.29, 0.717) is 17.0 Å². The van der Waals surface area contributed by atoms with Crippen LogP contribution in [-0.2, 0) is 6.61 Å². The first-order chi connectivity index (χ1) is 16.9. The summed E-state index contributed by atoms with van der Waals surface area (Å²) in [5.41, 5.74) is 5.00. The van der Waals surface area contributed by atoms with Crippen molar-refractivity contribution < 1.29 is 14.3 Å². The minimum Gasteiger partial charge on any atom is -0.390 e. The van der Waals surface area contributed by atoms with Crippen LogP contribution in [0.25, 0.3) is 22.3 Å². The number of hydrogen-bond donors (Lipinski definition) is 2. The molecule has 2 N–H and O–H groups in total. The Hall–Kier alpha value is -4.07. The summed E-state index contributed by atoms with van der Waals surface area (Å²) in [7, 11) is 0. The quantitative estimate of drug-likeness (QED) is 0.241. The van der Waals surface area contributed by atoms with Crippen LogP contribution in [0.15, 0.2) is 84.1 Å². The van der Waals surface area contributed by atoms with Crippen LogP contribution >= 0.6 is 11.6 Å². The number of benzene rings is 2. The molecule has 4 rings (SSSR count). The number of aliphatic hydroxyl groups is 1. The number of fused-ring (bicyclic) bond motifs is 1. The van der Waals surface area contributed by atoms with Crippen LogP contribution in [-0.4, -0.2) is 27.1 Å². The monoisotopic (exact) mass is 488 g/mol. The molecular weight excluding hydrogens is 467 g/mol. The van der Waals surface area contributed by atoms with Gasteiger partial charge >= 0.3 is 0 Å². The van der Waals surface area contributed by atoms with Crippen LogP contribution in [0.3, 0.4) is 0 Å². The van der Waals surface area contributed by atoms with E-state index < -0.39 is 11.7 Å². The lowest BCUT2D eigenvalue weighted by Crippen LogP contribution is -2.12. The van der Waals surface area contributed by atoms with Crippen molar-refractivity contribution in [1.29, 1.82) is 0 Å². The number of nitrogens with zero attached hydrogens (tertiary/aromatic N) is 3. The Morgan fingerprint density at radius 3 is 2.74 bits per heavy atom. The number of anilines is 1. The number of halogens is 2. The molecule has 0 unspecified atom stereocenters. The average Bonchev–Trinajstić information content (AvgIpc) is 3.25. The Morgan fingerprint density at radius 1 is 1.26 bits per heavy atom. The van der Waals surface area contributed by atoms with E-state index in [2.05, 4.69) is 22.0 Å². The van der Waals surface area contributed by atoms with E-state index in [1.54, 1.807) is 30.5 Å². The summed E-state index contributed by atoms with van der Waals surface area (Å²) < 4.78 is 15.1. The molecule has 2 aromatic carbocycles. The largest absolute Gasteiger partial charge is 0.390 e. The number of carbonyl (C=O) groups excluding carboxylic acids is 1. The number of amides is 1. The Balaban J connectivity index is 1.77. The third-order valence-corrected chi connectivity index (χ3v) is 5.74. The standard InChI is InChI=1S/C27H22ClFN4O2/c1-17(5-3-13-30-2)25-24(16-34)32-26-21(6-4-14-33(25)26)18-7-12-23(28)22(15-18)27(35)31-20-10-8-19(29)9-11-20/h3-15,34H,2,16H2,1H3,(H,31,35)/b13-3-,17-5+. The van der Waals surface area contributed by atoms with Crippen LogP contribution in [0, 0.1) is 5.82 Å². The highest BCUT2D eigenvalue weighted by molar-refractivity contribution is 6.34. The molecule has 1 amide bonds. The molecule has 2 heterocycles. The Kier molecular flexibility index (Phi) is 7.19. The fraction of sp³-hybridized carbons (Fsp3) is 0.0741. The summed E-state index contributed by atoms with van der Waals surface area (Å²) in [6, 6.07) is 14.4. The number of hydrogen-bond acceptors (Lipinski definition) is 4. The molecule has 2 aromatic heterocycles. The van der Waals surface area contributed by atoms with E-state index in [4.69, 9.17) is 11.6 Å². The van der Waals surface area contributed by atoms with Gasteiger partial charge in [0.1, 0.15) is 11.5 Å².